The van der Waals surface area contributed by atoms with Crippen LogP contribution >= 0.6 is 0 Å². The van der Waals surface area contributed by atoms with E-state index in [-0.39, 0.29) is 0 Å². The van der Waals surface area contributed by atoms with Gasteiger partial charge in [0.05, 0.1) is 5.69 Å². The van der Waals surface area contributed by atoms with Gasteiger partial charge in [-0.1, -0.05) is 12.1 Å². The molecule has 0 fully saturated rings. The van der Waals surface area contributed by atoms with Gasteiger partial charge in [0, 0.05) is 17.0 Å². The van der Waals surface area contributed by atoms with Gasteiger partial charge in [0.15, 0.2) is 5.58 Å². The Labute approximate surface area is 80.1 Å². The van der Waals surface area contributed by atoms with E-state index < -0.39 is 0 Å². The van der Waals surface area contributed by atoms with Gasteiger partial charge in [0.1, 0.15) is 0 Å². The van der Waals surface area contributed by atoms with E-state index in [1.807, 2.05) is 30.3 Å². The molecule has 0 radical (unpaired) electrons. The lowest BCUT2D eigenvalue weighted by molar-refractivity contribution is 0.655. The number of aromatic nitrogens is 1. The lowest BCUT2D eigenvalue weighted by atomic mass is 10.2. The van der Waals surface area contributed by atoms with Crippen molar-refractivity contribution < 1.29 is 4.42 Å². The third-order valence-corrected chi connectivity index (χ3v) is 2.31. The number of hydrogen-bond donors (Lipinski definition) is 1. The molecule has 3 rings (SSSR count). The monoisotopic (exact) mass is 184 g/mol. The van der Waals surface area contributed by atoms with Gasteiger partial charge in [-0.05, 0) is 18.2 Å². The fourth-order valence-electron chi connectivity index (χ4n) is 1.65. The molecule has 14 heavy (non-hydrogen) atoms. The van der Waals surface area contributed by atoms with Crippen molar-refractivity contribution in [2.24, 2.45) is 0 Å². The Morgan fingerprint density at radius 3 is 2.86 bits per heavy atom. The number of nitrogens with zero attached hydrogens (tertiary/aromatic N) is 1. The van der Waals surface area contributed by atoms with Crippen molar-refractivity contribution in [2.45, 2.75) is 0 Å². The van der Waals surface area contributed by atoms with E-state index >= 15 is 0 Å². The normalized spacial score (nSPS) is 11.1. The number of fused-ring (bicyclic) bond motifs is 3. The summed E-state index contributed by atoms with van der Waals surface area (Å²) in [6.07, 6.45) is 1.71. The molecule has 0 atom stereocenters. The van der Waals surface area contributed by atoms with Crippen LogP contribution in [0, 0.1) is 0 Å². The first-order chi connectivity index (χ1) is 6.86. The molecule has 3 nitrogen and oxygen atoms in total. The maximum Gasteiger partial charge on any atom is 0.227 e. The molecule has 0 saturated heterocycles. The van der Waals surface area contributed by atoms with Gasteiger partial charge in [-0.25, -0.2) is 4.98 Å². The van der Waals surface area contributed by atoms with Crippen LogP contribution < -0.4 is 5.73 Å². The molecule has 2 N–H and O–H groups in total. The number of hydrogen-bond acceptors (Lipinski definition) is 3. The highest BCUT2D eigenvalue weighted by Crippen LogP contribution is 2.30. The fourth-order valence-corrected chi connectivity index (χ4v) is 1.65. The third kappa shape index (κ3) is 0.836. The maximum absolute atomic E-state index is 5.80. The standard InChI is InChI=1S/C11H8N2O/c12-9-5-1-3-7-8-4-2-6-13-11(8)14-10(7)9/h1-6H,12H2. The Hall–Kier alpha value is -2.03. The Morgan fingerprint density at radius 1 is 1.07 bits per heavy atom. The van der Waals surface area contributed by atoms with E-state index in [1.54, 1.807) is 6.20 Å². The molecule has 0 unspecified atom stereocenters. The molecule has 0 spiro atoms. The zero-order chi connectivity index (χ0) is 9.54. The predicted molar refractivity (Wildman–Crippen MR) is 55.9 cm³/mol. The zero-order valence-electron chi connectivity index (χ0n) is 7.40. The molecule has 0 aliphatic heterocycles. The van der Waals surface area contributed by atoms with E-state index in [4.69, 9.17) is 10.2 Å². The van der Waals surface area contributed by atoms with E-state index in [0.717, 1.165) is 16.4 Å². The largest absolute Gasteiger partial charge is 0.436 e. The second kappa shape index (κ2) is 2.48. The first-order valence-corrected chi connectivity index (χ1v) is 4.38. The topological polar surface area (TPSA) is 52.0 Å². The van der Waals surface area contributed by atoms with Crippen molar-refractivity contribution in [1.82, 2.24) is 4.98 Å². The molecule has 3 aromatic rings. The minimum Gasteiger partial charge on any atom is -0.436 e. The van der Waals surface area contributed by atoms with Gasteiger partial charge in [-0.3, -0.25) is 0 Å². The summed E-state index contributed by atoms with van der Waals surface area (Å²) >= 11 is 0. The highest BCUT2D eigenvalue weighted by atomic mass is 16.3. The van der Waals surface area contributed by atoms with Gasteiger partial charge in [0.25, 0.3) is 0 Å². The quantitative estimate of drug-likeness (QED) is 0.546. The second-order valence-corrected chi connectivity index (χ2v) is 3.18. The highest BCUT2D eigenvalue weighted by molar-refractivity contribution is 6.07. The Balaban J connectivity index is 2.63. The summed E-state index contributed by atoms with van der Waals surface area (Å²) in [5, 5.41) is 2.03. The number of benzene rings is 1. The van der Waals surface area contributed by atoms with Crippen molar-refractivity contribution in [3.05, 3.63) is 36.5 Å². The number of pyridine rings is 1. The Morgan fingerprint density at radius 2 is 1.93 bits per heavy atom. The average molecular weight is 184 g/mol. The van der Waals surface area contributed by atoms with Gasteiger partial charge in [0.2, 0.25) is 5.71 Å². The zero-order valence-corrected chi connectivity index (χ0v) is 7.40. The average Bonchev–Trinajstić information content (AvgIpc) is 2.59. The van der Waals surface area contributed by atoms with Crippen molar-refractivity contribution >= 4 is 27.8 Å². The molecule has 0 aliphatic rings. The minimum atomic E-state index is 0.639. The maximum atomic E-state index is 5.80. The van der Waals surface area contributed by atoms with Crippen LogP contribution in [0.1, 0.15) is 0 Å². The van der Waals surface area contributed by atoms with E-state index in [9.17, 15) is 0 Å². The SMILES string of the molecule is Nc1cccc2c1oc1ncccc12. The summed E-state index contributed by atoms with van der Waals surface area (Å²) in [6.45, 7) is 0. The van der Waals surface area contributed by atoms with Crippen molar-refractivity contribution in [2.75, 3.05) is 5.73 Å². The Kier molecular flexibility index (Phi) is 1.31. The van der Waals surface area contributed by atoms with Crippen molar-refractivity contribution in [3.8, 4) is 0 Å². The molecule has 68 valence electrons. The van der Waals surface area contributed by atoms with Gasteiger partial charge in [-0.15, -0.1) is 0 Å². The van der Waals surface area contributed by atoms with Crippen LogP contribution in [0.2, 0.25) is 0 Å². The number of nitrogens with two attached hydrogens (primary N) is 1. The summed E-state index contributed by atoms with van der Waals surface area (Å²) in [7, 11) is 0. The van der Waals surface area contributed by atoms with Gasteiger partial charge in [-0.2, -0.15) is 0 Å². The third-order valence-electron chi connectivity index (χ3n) is 2.31. The van der Waals surface area contributed by atoms with Crippen LogP contribution in [0.5, 0.6) is 0 Å². The van der Waals surface area contributed by atoms with Crippen LogP contribution in [0.3, 0.4) is 0 Å². The number of rotatable bonds is 0. The van der Waals surface area contributed by atoms with Gasteiger partial charge < -0.3 is 10.2 Å². The molecule has 0 amide bonds. The summed E-state index contributed by atoms with van der Waals surface area (Å²) in [6, 6.07) is 9.59. The van der Waals surface area contributed by atoms with E-state index in [2.05, 4.69) is 4.98 Å². The van der Waals surface area contributed by atoms with Gasteiger partial charge >= 0.3 is 0 Å². The number of nitrogen functional groups attached to an aromatic ring is 1. The van der Waals surface area contributed by atoms with Crippen molar-refractivity contribution in [1.29, 1.82) is 0 Å². The molecule has 2 aromatic heterocycles. The predicted octanol–water partition coefficient (Wildman–Crippen LogP) is 2.56. The number of furan rings is 1. The summed E-state index contributed by atoms with van der Waals surface area (Å²) in [4.78, 5) is 4.14. The first-order valence-electron chi connectivity index (χ1n) is 4.38. The van der Waals surface area contributed by atoms with E-state index in [1.165, 1.54) is 0 Å². The summed E-state index contributed by atoms with van der Waals surface area (Å²) in [5.41, 5.74) is 7.81. The van der Waals surface area contributed by atoms with Crippen LogP contribution in [-0.2, 0) is 0 Å². The molecule has 2 heterocycles. The lowest BCUT2D eigenvalue weighted by Gasteiger charge is -1.91. The summed E-state index contributed by atoms with van der Waals surface area (Å²) in [5.74, 6) is 0. The smallest absolute Gasteiger partial charge is 0.227 e. The van der Waals surface area contributed by atoms with Crippen LogP contribution in [0.25, 0.3) is 22.1 Å². The number of para-hydroxylation sites is 1. The van der Waals surface area contributed by atoms with Crippen LogP contribution in [0.4, 0.5) is 5.69 Å². The molecule has 0 bridgehead atoms. The molecule has 0 saturated carbocycles. The lowest BCUT2D eigenvalue weighted by Crippen LogP contribution is -1.82. The highest BCUT2D eigenvalue weighted by Gasteiger charge is 2.08. The number of anilines is 1. The Bertz CT molecular complexity index is 613. The van der Waals surface area contributed by atoms with E-state index in [0.29, 0.717) is 11.4 Å². The minimum absolute atomic E-state index is 0.639. The van der Waals surface area contributed by atoms with Crippen LogP contribution in [0.15, 0.2) is 40.9 Å². The molecular weight excluding hydrogens is 176 g/mol. The molecular formula is C11H8N2O. The van der Waals surface area contributed by atoms with Crippen molar-refractivity contribution in [3.63, 3.8) is 0 Å². The fraction of sp³-hybridized carbons (Fsp3) is 0. The first kappa shape index (κ1) is 7.38. The molecule has 3 heteroatoms. The van der Waals surface area contributed by atoms with Crippen LogP contribution in [-0.4, -0.2) is 4.98 Å². The molecule has 1 aromatic carbocycles. The summed E-state index contributed by atoms with van der Waals surface area (Å²) < 4.78 is 5.55. The molecule has 0 aliphatic carbocycles. The second-order valence-electron chi connectivity index (χ2n) is 3.18.